The van der Waals surface area contributed by atoms with Gasteiger partial charge in [-0.15, -0.1) is 11.3 Å². The molecule has 0 fully saturated rings. The quantitative estimate of drug-likeness (QED) is 0.710. The van der Waals surface area contributed by atoms with Crippen LogP contribution in [0.3, 0.4) is 0 Å². The SMILES string of the molecule is CC=CC(=O)Nc1nc(C)cs1. The molecule has 0 atom stereocenters. The van der Waals surface area contributed by atoms with E-state index < -0.39 is 0 Å². The maximum Gasteiger partial charge on any atom is 0.249 e. The van der Waals surface area contributed by atoms with Crippen LogP contribution in [0.1, 0.15) is 12.6 Å². The van der Waals surface area contributed by atoms with E-state index in [2.05, 4.69) is 10.3 Å². The van der Waals surface area contributed by atoms with Crippen LogP contribution < -0.4 is 5.32 Å². The van der Waals surface area contributed by atoms with Crippen molar-refractivity contribution in [3.63, 3.8) is 0 Å². The molecule has 1 heterocycles. The first-order chi connectivity index (χ1) is 5.72. The van der Waals surface area contributed by atoms with E-state index in [1.807, 2.05) is 12.3 Å². The van der Waals surface area contributed by atoms with Gasteiger partial charge in [-0.2, -0.15) is 0 Å². The lowest BCUT2D eigenvalue weighted by atomic mass is 10.5. The van der Waals surface area contributed by atoms with Crippen molar-refractivity contribution < 1.29 is 4.79 Å². The second kappa shape index (κ2) is 4.01. The molecule has 0 unspecified atom stereocenters. The minimum absolute atomic E-state index is 0.133. The van der Waals surface area contributed by atoms with Gasteiger partial charge in [-0.3, -0.25) is 10.1 Å². The van der Waals surface area contributed by atoms with Gasteiger partial charge in [0.1, 0.15) is 0 Å². The normalized spacial score (nSPS) is 10.5. The third-order valence-corrected chi connectivity index (χ3v) is 2.04. The van der Waals surface area contributed by atoms with Gasteiger partial charge < -0.3 is 0 Å². The molecule has 0 radical (unpaired) electrons. The van der Waals surface area contributed by atoms with Crippen molar-refractivity contribution in [1.82, 2.24) is 4.98 Å². The average molecular weight is 182 g/mol. The smallest absolute Gasteiger partial charge is 0.249 e. The zero-order valence-corrected chi connectivity index (χ0v) is 7.81. The Hall–Kier alpha value is -1.16. The van der Waals surface area contributed by atoms with Crippen LogP contribution in [0.25, 0.3) is 0 Å². The molecule has 4 heteroatoms. The van der Waals surface area contributed by atoms with Crippen LogP contribution >= 0.6 is 11.3 Å². The minimum Gasteiger partial charge on any atom is -0.298 e. The van der Waals surface area contributed by atoms with Gasteiger partial charge in [0, 0.05) is 5.38 Å². The highest BCUT2D eigenvalue weighted by Crippen LogP contribution is 2.13. The summed E-state index contributed by atoms with van der Waals surface area (Å²) in [5.74, 6) is -0.133. The number of hydrogen-bond acceptors (Lipinski definition) is 3. The summed E-state index contributed by atoms with van der Waals surface area (Å²) in [6.07, 6.45) is 3.16. The third kappa shape index (κ3) is 2.47. The van der Waals surface area contributed by atoms with E-state index in [4.69, 9.17) is 0 Å². The number of aryl methyl sites for hydroxylation is 1. The second-order valence-corrected chi connectivity index (χ2v) is 3.14. The maximum absolute atomic E-state index is 11.0. The molecular formula is C8H10N2OS. The summed E-state index contributed by atoms with van der Waals surface area (Å²) < 4.78 is 0. The zero-order valence-electron chi connectivity index (χ0n) is 7.00. The predicted octanol–water partition coefficient (Wildman–Crippen LogP) is 1.97. The van der Waals surface area contributed by atoms with Gasteiger partial charge in [-0.1, -0.05) is 6.08 Å². The summed E-state index contributed by atoms with van der Waals surface area (Å²) in [6.45, 7) is 3.69. The molecule has 1 rings (SSSR count). The summed E-state index contributed by atoms with van der Waals surface area (Å²) in [4.78, 5) is 15.1. The van der Waals surface area contributed by atoms with E-state index >= 15 is 0 Å². The number of amides is 1. The standard InChI is InChI=1S/C8H10N2OS/c1-3-4-7(11)10-8-9-6(2)5-12-8/h3-5H,1-2H3,(H,9,10,11). The summed E-state index contributed by atoms with van der Waals surface area (Å²) in [7, 11) is 0. The molecule has 0 aliphatic heterocycles. The molecule has 12 heavy (non-hydrogen) atoms. The molecule has 1 amide bonds. The number of aromatic nitrogens is 1. The van der Waals surface area contributed by atoms with Gasteiger partial charge in [0.15, 0.2) is 5.13 Å². The first-order valence-electron chi connectivity index (χ1n) is 3.58. The molecule has 0 saturated carbocycles. The van der Waals surface area contributed by atoms with Gasteiger partial charge >= 0.3 is 0 Å². The van der Waals surface area contributed by atoms with Crippen molar-refractivity contribution in [1.29, 1.82) is 0 Å². The summed E-state index contributed by atoms with van der Waals surface area (Å²) in [5.41, 5.74) is 0.927. The molecule has 0 spiro atoms. The van der Waals surface area contributed by atoms with Crippen LogP contribution in [0.5, 0.6) is 0 Å². The van der Waals surface area contributed by atoms with E-state index in [9.17, 15) is 4.79 Å². The Morgan fingerprint density at radius 1 is 1.75 bits per heavy atom. The van der Waals surface area contributed by atoms with Crippen molar-refractivity contribution in [3.05, 3.63) is 23.2 Å². The Balaban J connectivity index is 2.58. The lowest BCUT2D eigenvalue weighted by Crippen LogP contribution is -2.07. The van der Waals surface area contributed by atoms with Crippen LogP contribution in [0.4, 0.5) is 5.13 Å². The van der Waals surface area contributed by atoms with Crippen molar-refractivity contribution in [2.24, 2.45) is 0 Å². The van der Waals surface area contributed by atoms with Crippen molar-refractivity contribution in [2.45, 2.75) is 13.8 Å². The molecule has 64 valence electrons. The Morgan fingerprint density at radius 2 is 2.50 bits per heavy atom. The number of nitrogens with zero attached hydrogens (tertiary/aromatic N) is 1. The summed E-state index contributed by atoms with van der Waals surface area (Å²) in [5, 5.41) is 5.19. The van der Waals surface area contributed by atoms with Crippen LogP contribution in [-0.2, 0) is 4.79 Å². The Bertz CT molecular complexity index is 304. The van der Waals surface area contributed by atoms with Gasteiger partial charge in [0.05, 0.1) is 5.69 Å². The molecule has 3 nitrogen and oxygen atoms in total. The van der Waals surface area contributed by atoms with Crippen LogP contribution in [0.2, 0.25) is 0 Å². The van der Waals surface area contributed by atoms with Crippen molar-refractivity contribution >= 4 is 22.4 Å². The predicted molar refractivity (Wildman–Crippen MR) is 50.3 cm³/mol. The van der Waals surface area contributed by atoms with Gasteiger partial charge in [-0.25, -0.2) is 4.98 Å². The molecule has 0 aliphatic rings. The molecular weight excluding hydrogens is 172 g/mol. The highest BCUT2D eigenvalue weighted by molar-refractivity contribution is 7.13. The molecule has 0 aliphatic carbocycles. The largest absolute Gasteiger partial charge is 0.298 e. The number of nitrogens with one attached hydrogen (secondary N) is 1. The fraction of sp³-hybridized carbons (Fsp3) is 0.250. The van der Waals surface area contributed by atoms with Gasteiger partial charge in [-0.05, 0) is 19.9 Å². The highest BCUT2D eigenvalue weighted by Gasteiger charge is 2.00. The highest BCUT2D eigenvalue weighted by atomic mass is 32.1. The fourth-order valence-electron chi connectivity index (χ4n) is 0.710. The van der Waals surface area contributed by atoms with E-state index in [0.29, 0.717) is 5.13 Å². The monoisotopic (exact) mass is 182 g/mol. The lowest BCUT2D eigenvalue weighted by Gasteiger charge is -1.93. The second-order valence-electron chi connectivity index (χ2n) is 2.28. The topological polar surface area (TPSA) is 42.0 Å². The Kier molecular flexibility index (Phi) is 2.99. The molecule has 0 aromatic carbocycles. The third-order valence-electron chi connectivity index (χ3n) is 1.17. The number of carbonyl (C=O) groups is 1. The molecule has 1 aromatic heterocycles. The molecule has 0 bridgehead atoms. The number of hydrogen-bond donors (Lipinski definition) is 1. The van der Waals surface area contributed by atoms with Crippen LogP contribution in [0, 0.1) is 6.92 Å². The number of thiazole rings is 1. The Labute approximate surface area is 75.1 Å². The molecule has 0 saturated heterocycles. The average Bonchev–Trinajstić information content (AvgIpc) is 2.36. The molecule has 1 aromatic rings. The van der Waals surface area contributed by atoms with E-state index in [0.717, 1.165) is 5.69 Å². The Morgan fingerprint density at radius 3 is 3.00 bits per heavy atom. The summed E-state index contributed by atoms with van der Waals surface area (Å²) in [6, 6.07) is 0. The number of rotatable bonds is 2. The van der Waals surface area contributed by atoms with E-state index in [-0.39, 0.29) is 5.91 Å². The zero-order chi connectivity index (χ0) is 8.97. The van der Waals surface area contributed by atoms with Gasteiger partial charge in [0.25, 0.3) is 0 Å². The molecule has 1 N–H and O–H groups in total. The van der Waals surface area contributed by atoms with Crippen LogP contribution in [0.15, 0.2) is 17.5 Å². The van der Waals surface area contributed by atoms with Crippen molar-refractivity contribution in [2.75, 3.05) is 5.32 Å². The maximum atomic E-state index is 11.0. The van der Waals surface area contributed by atoms with Crippen LogP contribution in [-0.4, -0.2) is 10.9 Å². The fourth-order valence-corrected chi connectivity index (χ4v) is 1.40. The first kappa shape index (κ1) is 8.93. The first-order valence-corrected chi connectivity index (χ1v) is 4.46. The number of anilines is 1. The van der Waals surface area contributed by atoms with E-state index in [1.54, 1.807) is 13.0 Å². The van der Waals surface area contributed by atoms with E-state index in [1.165, 1.54) is 17.4 Å². The van der Waals surface area contributed by atoms with Crippen molar-refractivity contribution in [3.8, 4) is 0 Å². The summed E-state index contributed by atoms with van der Waals surface area (Å²) >= 11 is 1.43. The lowest BCUT2D eigenvalue weighted by molar-refractivity contribution is -0.111. The van der Waals surface area contributed by atoms with Gasteiger partial charge in [0.2, 0.25) is 5.91 Å². The number of allylic oxidation sites excluding steroid dienone is 1. The minimum atomic E-state index is -0.133. The number of carbonyl (C=O) groups excluding carboxylic acids is 1.